The van der Waals surface area contributed by atoms with E-state index in [9.17, 15) is 4.79 Å². The Bertz CT molecular complexity index is 626. The van der Waals surface area contributed by atoms with Crippen LogP contribution in [0.3, 0.4) is 0 Å². The van der Waals surface area contributed by atoms with E-state index in [1.165, 1.54) is 0 Å². The first kappa shape index (κ1) is 17.0. The maximum absolute atomic E-state index is 12.5. The predicted octanol–water partition coefficient (Wildman–Crippen LogP) is 2.79. The van der Waals surface area contributed by atoms with Crippen LogP contribution in [0.15, 0.2) is 54.6 Å². The molecule has 1 atom stereocenters. The van der Waals surface area contributed by atoms with Gasteiger partial charge in [-0.05, 0) is 38.2 Å². The van der Waals surface area contributed by atoms with Crippen LogP contribution in [0.4, 0.5) is 0 Å². The maximum Gasteiger partial charge on any atom is 0.242 e. The molecule has 1 amide bonds. The molecule has 0 bridgehead atoms. The Morgan fingerprint density at radius 2 is 1.74 bits per heavy atom. The van der Waals surface area contributed by atoms with E-state index in [1.54, 1.807) is 0 Å². The number of hydrogen-bond acceptors (Lipinski definition) is 3. The van der Waals surface area contributed by atoms with Crippen LogP contribution in [0.5, 0.6) is 5.75 Å². The number of hydrogen-bond donors (Lipinski definition) is 1. The molecule has 0 aliphatic rings. The summed E-state index contributed by atoms with van der Waals surface area (Å²) >= 11 is 0. The number of likely N-dealkylation sites (N-methyl/N-ethyl adjacent to an activating group) is 1. The zero-order valence-corrected chi connectivity index (χ0v) is 14.0. The Morgan fingerprint density at radius 1 is 1.09 bits per heavy atom. The Hall–Kier alpha value is -2.33. The number of nitrogens with zero attached hydrogens (tertiary/aromatic N) is 1. The van der Waals surface area contributed by atoms with Crippen molar-refractivity contribution in [3.63, 3.8) is 0 Å². The first-order valence-electron chi connectivity index (χ1n) is 7.77. The number of carbonyl (C=O) groups is 1. The summed E-state index contributed by atoms with van der Waals surface area (Å²) < 4.78 is 5.70. The van der Waals surface area contributed by atoms with E-state index in [4.69, 9.17) is 4.74 Å². The van der Waals surface area contributed by atoms with Gasteiger partial charge in [-0.1, -0.05) is 48.5 Å². The molecule has 4 nitrogen and oxygen atoms in total. The normalized spacial score (nSPS) is 12.0. The summed E-state index contributed by atoms with van der Waals surface area (Å²) in [5.41, 5.74) is 2.07. The van der Waals surface area contributed by atoms with Gasteiger partial charge in [0, 0.05) is 0 Å². The minimum atomic E-state index is -0.297. The molecular formula is C19H24N2O2. The number of para-hydroxylation sites is 1. The number of rotatable bonds is 7. The van der Waals surface area contributed by atoms with Gasteiger partial charge < -0.3 is 10.1 Å². The summed E-state index contributed by atoms with van der Waals surface area (Å²) in [4.78, 5) is 14.4. The summed E-state index contributed by atoms with van der Waals surface area (Å²) in [6.07, 6.45) is 0. The maximum atomic E-state index is 12.5. The quantitative estimate of drug-likeness (QED) is 0.799. The van der Waals surface area contributed by atoms with Crippen molar-refractivity contribution in [3.05, 3.63) is 65.7 Å². The van der Waals surface area contributed by atoms with Crippen molar-refractivity contribution >= 4 is 5.91 Å². The fourth-order valence-corrected chi connectivity index (χ4v) is 2.47. The third-order valence-corrected chi connectivity index (χ3v) is 3.63. The van der Waals surface area contributed by atoms with Crippen LogP contribution in [-0.4, -0.2) is 38.1 Å². The molecule has 0 saturated carbocycles. The van der Waals surface area contributed by atoms with Crippen molar-refractivity contribution in [3.8, 4) is 5.75 Å². The Labute approximate surface area is 138 Å². The zero-order valence-electron chi connectivity index (χ0n) is 14.0. The van der Waals surface area contributed by atoms with Gasteiger partial charge in [-0.25, -0.2) is 0 Å². The lowest BCUT2D eigenvalue weighted by Crippen LogP contribution is -2.38. The van der Waals surface area contributed by atoms with Crippen LogP contribution >= 0.6 is 0 Å². The first-order valence-corrected chi connectivity index (χ1v) is 7.77. The fourth-order valence-electron chi connectivity index (χ4n) is 2.47. The Kier molecular flexibility index (Phi) is 6.18. The van der Waals surface area contributed by atoms with Gasteiger partial charge in [-0.2, -0.15) is 0 Å². The van der Waals surface area contributed by atoms with Gasteiger partial charge in [-0.15, -0.1) is 0 Å². The molecule has 0 saturated heterocycles. The molecule has 4 heteroatoms. The lowest BCUT2D eigenvalue weighted by Gasteiger charge is -2.23. The lowest BCUT2D eigenvalue weighted by molar-refractivity contribution is -0.125. The second kappa shape index (κ2) is 8.34. The largest absolute Gasteiger partial charge is 0.491 e. The third-order valence-electron chi connectivity index (χ3n) is 3.63. The van der Waals surface area contributed by atoms with Gasteiger partial charge in [0.15, 0.2) is 0 Å². The molecule has 0 aliphatic heterocycles. The minimum Gasteiger partial charge on any atom is -0.491 e. The van der Waals surface area contributed by atoms with Gasteiger partial charge in [0.05, 0.1) is 6.54 Å². The van der Waals surface area contributed by atoms with Crippen LogP contribution < -0.4 is 10.1 Å². The highest BCUT2D eigenvalue weighted by atomic mass is 16.5. The van der Waals surface area contributed by atoms with Gasteiger partial charge >= 0.3 is 0 Å². The van der Waals surface area contributed by atoms with Gasteiger partial charge in [0.25, 0.3) is 0 Å². The van der Waals surface area contributed by atoms with E-state index in [-0.39, 0.29) is 11.9 Å². The lowest BCUT2D eigenvalue weighted by atomic mass is 10.1. The van der Waals surface area contributed by atoms with Crippen molar-refractivity contribution in [2.45, 2.75) is 13.0 Å². The molecule has 23 heavy (non-hydrogen) atoms. The van der Waals surface area contributed by atoms with Crippen molar-refractivity contribution in [1.29, 1.82) is 0 Å². The van der Waals surface area contributed by atoms with Crippen molar-refractivity contribution in [1.82, 2.24) is 10.2 Å². The van der Waals surface area contributed by atoms with E-state index in [1.807, 2.05) is 80.5 Å². The average molecular weight is 312 g/mol. The second-order valence-corrected chi connectivity index (χ2v) is 5.68. The van der Waals surface area contributed by atoms with Crippen LogP contribution in [0.2, 0.25) is 0 Å². The molecule has 0 fully saturated rings. The van der Waals surface area contributed by atoms with Crippen molar-refractivity contribution < 1.29 is 9.53 Å². The molecule has 0 aliphatic carbocycles. The van der Waals surface area contributed by atoms with Gasteiger partial charge in [-0.3, -0.25) is 9.69 Å². The molecule has 2 aromatic carbocycles. The molecule has 0 heterocycles. The minimum absolute atomic E-state index is 0.0189. The summed E-state index contributed by atoms with van der Waals surface area (Å²) in [6.45, 7) is 2.93. The molecular weight excluding hydrogens is 288 g/mol. The highest BCUT2D eigenvalue weighted by molar-refractivity contribution is 5.83. The SMILES string of the molecule is Cc1ccccc1OCCNC(=O)C(c1ccccc1)N(C)C. The molecule has 1 N–H and O–H groups in total. The van der Waals surface area contributed by atoms with Crippen LogP contribution in [0, 0.1) is 6.92 Å². The third kappa shape index (κ3) is 4.83. The smallest absolute Gasteiger partial charge is 0.242 e. The molecule has 0 radical (unpaired) electrons. The van der Waals surface area contributed by atoms with Crippen molar-refractivity contribution in [2.75, 3.05) is 27.2 Å². The van der Waals surface area contributed by atoms with E-state index in [2.05, 4.69) is 5.32 Å². The fraction of sp³-hybridized carbons (Fsp3) is 0.316. The number of amides is 1. The van der Waals surface area contributed by atoms with Crippen LogP contribution in [0.1, 0.15) is 17.2 Å². The number of benzene rings is 2. The molecule has 2 aromatic rings. The van der Waals surface area contributed by atoms with Crippen LogP contribution in [0.25, 0.3) is 0 Å². The highest BCUT2D eigenvalue weighted by Gasteiger charge is 2.22. The first-order chi connectivity index (χ1) is 11.1. The number of aryl methyl sites for hydroxylation is 1. The van der Waals surface area contributed by atoms with Gasteiger partial charge in [0.2, 0.25) is 5.91 Å². The van der Waals surface area contributed by atoms with E-state index in [0.717, 1.165) is 16.9 Å². The van der Waals surface area contributed by atoms with Gasteiger partial charge in [0.1, 0.15) is 18.4 Å². The molecule has 0 aromatic heterocycles. The number of nitrogens with one attached hydrogen (secondary N) is 1. The Morgan fingerprint density at radius 3 is 2.39 bits per heavy atom. The van der Waals surface area contributed by atoms with E-state index >= 15 is 0 Å². The zero-order chi connectivity index (χ0) is 16.7. The second-order valence-electron chi connectivity index (χ2n) is 5.68. The predicted molar refractivity (Wildman–Crippen MR) is 92.6 cm³/mol. The molecule has 1 unspecified atom stereocenters. The summed E-state index contributed by atoms with van der Waals surface area (Å²) in [6, 6.07) is 17.3. The Balaban J connectivity index is 1.87. The average Bonchev–Trinajstić information content (AvgIpc) is 2.54. The standard InChI is InChI=1S/C19H24N2O2/c1-15-9-7-8-12-17(15)23-14-13-20-19(22)18(21(2)3)16-10-5-4-6-11-16/h4-12,18H,13-14H2,1-3H3,(H,20,22). The summed E-state index contributed by atoms with van der Waals surface area (Å²) in [5, 5.41) is 2.95. The van der Waals surface area contributed by atoms with Crippen LogP contribution in [-0.2, 0) is 4.79 Å². The number of ether oxygens (including phenoxy) is 1. The highest BCUT2D eigenvalue weighted by Crippen LogP contribution is 2.18. The van der Waals surface area contributed by atoms with E-state index < -0.39 is 0 Å². The topological polar surface area (TPSA) is 41.6 Å². The molecule has 2 rings (SSSR count). The van der Waals surface area contributed by atoms with E-state index in [0.29, 0.717) is 13.2 Å². The molecule has 122 valence electrons. The van der Waals surface area contributed by atoms with Crippen molar-refractivity contribution in [2.24, 2.45) is 0 Å². The summed E-state index contributed by atoms with van der Waals surface area (Å²) in [5.74, 6) is 0.837. The molecule has 0 spiro atoms. The number of carbonyl (C=O) groups excluding carboxylic acids is 1. The summed E-state index contributed by atoms with van der Waals surface area (Å²) in [7, 11) is 3.81. The monoisotopic (exact) mass is 312 g/mol.